The van der Waals surface area contributed by atoms with Crippen molar-refractivity contribution in [2.45, 2.75) is 27.7 Å². The zero-order valence-corrected chi connectivity index (χ0v) is 9.66. The van der Waals surface area contributed by atoms with Crippen molar-refractivity contribution < 1.29 is 0 Å². The molecule has 0 aliphatic rings. The molecule has 0 saturated heterocycles. The quantitative estimate of drug-likeness (QED) is 0.670. The highest BCUT2D eigenvalue weighted by molar-refractivity contribution is 7.09. The van der Waals surface area contributed by atoms with Crippen LogP contribution in [-0.2, 0) is 0 Å². The van der Waals surface area contributed by atoms with Gasteiger partial charge in [0.25, 0.3) is 0 Å². The van der Waals surface area contributed by atoms with Crippen LogP contribution >= 0.6 is 11.3 Å². The number of allylic oxidation sites excluding steroid dienone is 1. The monoisotopic (exact) mass is 195 g/mol. The van der Waals surface area contributed by atoms with E-state index in [2.05, 4.69) is 18.1 Å². The first-order valence-electron chi connectivity index (χ1n) is 4.39. The molecule has 0 spiro atoms. The van der Waals surface area contributed by atoms with E-state index in [1.165, 1.54) is 0 Å². The molecule has 1 aromatic rings. The molecule has 0 fully saturated rings. The smallest absolute Gasteiger partial charge is 0.0907 e. The maximum atomic E-state index is 4.29. The fourth-order valence-corrected chi connectivity index (χ4v) is 1.54. The Labute approximate surface area is 84.1 Å². The predicted molar refractivity (Wildman–Crippen MR) is 62.3 cm³/mol. The van der Waals surface area contributed by atoms with Crippen LogP contribution in [0.15, 0.2) is 12.2 Å². The number of hydrogen-bond acceptors (Lipinski definition) is 2. The second kappa shape index (κ2) is 5.70. The molecule has 0 radical (unpaired) electrons. The molecule has 72 valence electrons. The zero-order chi connectivity index (χ0) is 10.4. The van der Waals surface area contributed by atoms with Crippen LogP contribution in [0.3, 0.4) is 0 Å². The van der Waals surface area contributed by atoms with Crippen LogP contribution in [-0.4, -0.2) is 4.98 Å². The lowest BCUT2D eigenvalue weighted by Crippen LogP contribution is -2.18. The third kappa shape index (κ3) is 4.04. The van der Waals surface area contributed by atoms with Gasteiger partial charge < -0.3 is 0 Å². The lowest BCUT2D eigenvalue weighted by molar-refractivity contribution is 1.23. The molecule has 0 bridgehead atoms. The molecule has 0 unspecified atom stereocenters. The molecule has 1 aromatic heterocycles. The number of aryl methyl sites for hydroxylation is 1. The first kappa shape index (κ1) is 12.1. The minimum atomic E-state index is 0.958. The lowest BCUT2D eigenvalue weighted by atomic mass is 10.3. The van der Waals surface area contributed by atoms with Crippen molar-refractivity contribution in [3.63, 3.8) is 0 Å². The van der Waals surface area contributed by atoms with E-state index in [9.17, 15) is 0 Å². The summed E-state index contributed by atoms with van der Waals surface area (Å²) in [5, 5.41) is 2.02. The van der Waals surface area contributed by atoms with Crippen LogP contribution in [0.4, 0.5) is 0 Å². The summed E-state index contributed by atoms with van der Waals surface area (Å²) in [6, 6.07) is 0. The Balaban J connectivity index is 0.000000671. The van der Waals surface area contributed by atoms with Gasteiger partial charge in [0.15, 0.2) is 0 Å². The van der Waals surface area contributed by atoms with Crippen LogP contribution in [0.2, 0.25) is 0 Å². The lowest BCUT2D eigenvalue weighted by Gasteiger charge is -1.79. The first-order chi connectivity index (χ1) is 6.09. The summed E-state index contributed by atoms with van der Waals surface area (Å²) in [6.45, 7) is 15.6. The van der Waals surface area contributed by atoms with Gasteiger partial charge in [-0.15, -0.1) is 11.3 Å². The van der Waals surface area contributed by atoms with E-state index in [0.717, 1.165) is 20.5 Å². The molecule has 0 aliphatic heterocycles. The van der Waals surface area contributed by atoms with Crippen molar-refractivity contribution in [2.75, 3.05) is 0 Å². The highest BCUT2D eigenvalue weighted by Gasteiger charge is 1.90. The zero-order valence-electron chi connectivity index (χ0n) is 8.85. The van der Waals surface area contributed by atoms with Gasteiger partial charge in [-0.1, -0.05) is 32.6 Å². The maximum absolute atomic E-state index is 4.29. The summed E-state index contributed by atoms with van der Waals surface area (Å²) in [7, 11) is 0. The summed E-state index contributed by atoms with van der Waals surface area (Å²) in [5.74, 6) is 0. The van der Waals surface area contributed by atoms with Gasteiger partial charge in [0.05, 0.1) is 10.4 Å². The van der Waals surface area contributed by atoms with Gasteiger partial charge in [0.2, 0.25) is 0 Å². The van der Waals surface area contributed by atoms with E-state index in [0.29, 0.717) is 0 Å². The van der Waals surface area contributed by atoms with Gasteiger partial charge in [-0.05, 0) is 19.9 Å². The van der Waals surface area contributed by atoms with Crippen molar-refractivity contribution in [2.24, 2.45) is 0 Å². The summed E-state index contributed by atoms with van der Waals surface area (Å²) in [5.41, 5.74) is 1.01. The van der Waals surface area contributed by atoms with Crippen LogP contribution in [0.25, 0.3) is 12.7 Å². The van der Waals surface area contributed by atoms with E-state index in [1.807, 2.05) is 33.8 Å². The molecule has 0 atom stereocenters. The van der Waals surface area contributed by atoms with E-state index >= 15 is 0 Å². The van der Waals surface area contributed by atoms with E-state index < -0.39 is 0 Å². The average molecular weight is 195 g/mol. The van der Waals surface area contributed by atoms with Gasteiger partial charge >= 0.3 is 0 Å². The number of aromatic nitrogens is 1. The van der Waals surface area contributed by atoms with Gasteiger partial charge in [-0.25, -0.2) is 4.98 Å². The molecule has 0 aliphatic carbocycles. The second-order valence-electron chi connectivity index (χ2n) is 2.53. The molecular formula is C11H17NS. The molecule has 1 rings (SSSR count). The van der Waals surface area contributed by atoms with Crippen LogP contribution in [0.5, 0.6) is 0 Å². The van der Waals surface area contributed by atoms with Crippen molar-refractivity contribution in [1.82, 2.24) is 4.98 Å². The molecule has 2 heteroatoms. The number of nitrogens with zero attached hydrogens (tertiary/aromatic N) is 1. The van der Waals surface area contributed by atoms with Gasteiger partial charge in [-0.2, -0.15) is 0 Å². The van der Waals surface area contributed by atoms with Crippen LogP contribution in [0, 0.1) is 6.92 Å². The second-order valence-corrected chi connectivity index (χ2v) is 3.82. The fourth-order valence-electron chi connectivity index (χ4n) is 0.832. The van der Waals surface area contributed by atoms with Crippen LogP contribution in [0.1, 0.15) is 25.8 Å². The topological polar surface area (TPSA) is 12.9 Å². The Bertz CT molecular complexity index is 373. The molecule has 0 aromatic carbocycles. The Morgan fingerprint density at radius 3 is 2.31 bits per heavy atom. The highest BCUT2D eigenvalue weighted by atomic mass is 32.1. The third-order valence-electron chi connectivity index (χ3n) is 1.22. The van der Waals surface area contributed by atoms with Gasteiger partial charge in [0, 0.05) is 4.53 Å². The van der Waals surface area contributed by atoms with Crippen molar-refractivity contribution in [1.29, 1.82) is 0 Å². The fraction of sp³-hybridized carbons (Fsp3) is 0.364. The number of thiazole rings is 1. The number of rotatable bonds is 1. The van der Waals surface area contributed by atoms with Crippen molar-refractivity contribution in [3.05, 3.63) is 27.0 Å². The Morgan fingerprint density at radius 2 is 2.00 bits per heavy atom. The normalized spacial score (nSPS) is 10.6. The van der Waals surface area contributed by atoms with Gasteiger partial charge in [-0.3, -0.25) is 0 Å². The molecule has 13 heavy (non-hydrogen) atoms. The van der Waals surface area contributed by atoms with Crippen LogP contribution < -0.4 is 9.88 Å². The minimum absolute atomic E-state index is 0.958. The predicted octanol–water partition coefficient (Wildman–Crippen LogP) is 2.24. The molecule has 0 N–H and O–H groups in total. The van der Waals surface area contributed by atoms with E-state index in [1.54, 1.807) is 11.3 Å². The maximum Gasteiger partial charge on any atom is 0.0907 e. The Morgan fingerprint density at radius 1 is 1.46 bits per heavy atom. The molecule has 0 saturated carbocycles. The summed E-state index contributed by atoms with van der Waals surface area (Å²) in [4.78, 5) is 4.29. The van der Waals surface area contributed by atoms with Crippen molar-refractivity contribution in [3.8, 4) is 0 Å². The van der Waals surface area contributed by atoms with E-state index in [-0.39, 0.29) is 0 Å². The highest BCUT2D eigenvalue weighted by Crippen LogP contribution is 1.91. The standard InChI is InChI=1S/C9H11NS.C2H6/c1-6(2)5-9-7(3)11-8(4)10-9;1-2/h5H,1,3H2,2,4H3;1-2H3/b9-5+;. The van der Waals surface area contributed by atoms with E-state index in [4.69, 9.17) is 0 Å². The Kier molecular flexibility index (Phi) is 5.31. The van der Waals surface area contributed by atoms with Crippen molar-refractivity contribution >= 4 is 24.0 Å². The summed E-state index contributed by atoms with van der Waals surface area (Å²) in [6.07, 6.45) is 1.95. The largest absolute Gasteiger partial charge is 0.242 e. The first-order valence-corrected chi connectivity index (χ1v) is 5.21. The molecule has 0 amide bonds. The number of hydrogen-bond donors (Lipinski definition) is 0. The molecule has 1 nitrogen and oxygen atoms in total. The minimum Gasteiger partial charge on any atom is -0.242 e. The summed E-state index contributed by atoms with van der Waals surface area (Å²) < 4.78 is 1.02. The van der Waals surface area contributed by atoms with Gasteiger partial charge in [0.1, 0.15) is 0 Å². The average Bonchev–Trinajstić information content (AvgIpc) is 2.33. The summed E-state index contributed by atoms with van der Waals surface area (Å²) >= 11 is 1.62. The molecular weight excluding hydrogens is 178 g/mol. The molecule has 1 heterocycles. The Hall–Kier alpha value is -0.890. The SMILES string of the molecule is C=C(C)/C=c1/nc(C)sc1=C.CC. The third-order valence-corrected chi connectivity index (χ3v) is 2.06.